The fraction of sp³-hybridized carbons (Fsp3) is 0. The van der Waals surface area contributed by atoms with Crippen LogP contribution in [0.15, 0.2) is 24.4 Å². The summed E-state index contributed by atoms with van der Waals surface area (Å²) in [7, 11) is 0. The zero-order valence-electron chi connectivity index (χ0n) is 5.57. The summed E-state index contributed by atoms with van der Waals surface area (Å²) in [6.07, 6.45) is 1.84. The molecule has 2 rings (SSSR count). The first-order valence-corrected chi connectivity index (χ1v) is 3.96. The van der Waals surface area contributed by atoms with E-state index in [1.807, 2.05) is 24.4 Å². The molecule has 11 heavy (non-hydrogen) atoms. The molecule has 0 amide bonds. The van der Waals surface area contributed by atoms with E-state index in [9.17, 15) is 0 Å². The molecule has 0 bridgehead atoms. The molecule has 0 unspecified atom stereocenters. The van der Waals surface area contributed by atoms with Gasteiger partial charge in [0.2, 0.25) is 0 Å². The maximum Gasteiger partial charge on any atom is 0.115 e. The molecule has 1 nitrogen and oxygen atoms in total. The quantitative estimate of drug-likeness (QED) is 0.648. The van der Waals surface area contributed by atoms with E-state index in [1.54, 1.807) is 0 Å². The molecule has 1 N–H and O–H groups in total. The molecule has 0 aliphatic heterocycles. The number of aromatic nitrogens is 1. The highest BCUT2D eigenvalue weighted by Crippen LogP contribution is 2.29. The third-order valence-electron chi connectivity index (χ3n) is 1.62. The maximum atomic E-state index is 5.90. The highest BCUT2D eigenvalue weighted by atomic mass is 35.5. The molecular formula is C8H5Cl2N. The van der Waals surface area contributed by atoms with E-state index in [-0.39, 0.29) is 0 Å². The fourth-order valence-electron chi connectivity index (χ4n) is 1.11. The van der Waals surface area contributed by atoms with Crippen LogP contribution < -0.4 is 0 Å². The van der Waals surface area contributed by atoms with Crippen molar-refractivity contribution in [2.45, 2.75) is 0 Å². The molecule has 0 saturated heterocycles. The summed E-state index contributed by atoms with van der Waals surface area (Å²) in [6.45, 7) is 0. The van der Waals surface area contributed by atoms with Crippen LogP contribution in [0.2, 0.25) is 10.2 Å². The molecule has 0 radical (unpaired) electrons. The number of benzene rings is 1. The molecule has 0 spiro atoms. The second-order valence-corrected chi connectivity index (χ2v) is 3.09. The molecule has 0 aliphatic carbocycles. The summed E-state index contributed by atoms with van der Waals surface area (Å²) >= 11 is 11.7. The van der Waals surface area contributed by atoms with Crippen LogP contribution in [-0.2, 0) is 0 Å². The molecule has 3 heteroatoms. The van der Waals surface area contributed by atoms with Gasteiger partial charge in [-0.3, -0.25) is 0 Å². The number of H-pyrrole nitrogens is 1. The van der Waals surface area contributed by atoms with Crippen molar-refractivity contribution < 1.29 is 0 Å². The van der Waals surface area contributed by atoms with Gasteiger partial charge < -0.3 is 4.98 Å². The molecule has 1 aromatic carbocycles. The van der Waals surface area contributed by atoms with Crippen LogP contribution in [0.1, 0.15) is 0 Å². The Morgan fingerprint density at radius 2 is 2.00 bits per heavy atom. The molecule has 2 aromatic rings. The van der Waals surface area contributed by atoms with Gasteiger partial charge in [-0.05, 0) is 6.07 Å². The lowest BCUT2D eigenvalue weighted by Gasteiger charge is -1.91. The molecule has 1 aromatic heterocycles. The fourth-order valence-corrected chi connectivity index (χ4v) is 1.70. The van der Waals surface area contributed by atoms with Gasteiger partial charge in [0.15, 0.2) is 0 Å². The van der Waals surface area contributed by atoms with Gasteiger partial charge in [-0.15, -0.1) is 0 Å². The second-order valence-electron chi connectivity index (χ2n) is 2.31. The molecular weight excluding hydrogens is 181 g/mol. The van der Waals surface area contributed by atoms with Gasteiger partial charge in [0, 0.05) is 17.0 Å². The topological polar surface area (TPSA) is 15.8 Å². The van der Waals surface area contributed by atoms with Gasteiger partial charge in [0.25, 0.3) is 0 Å². The summed E-state index contributed by atoms with van der Waals surface area (Å²) in [5, 5.41) is 3.23. The van der Waals surface area contributed by atoms with E-state index in [0.29, 0.717) is 10.2 Å². The lowest BCUT2D eigenvalue weighted by molar-refractivity contribution is 1.43. The Morgan fingerprint density at radius 3 is 2.73 bits per heavy atom. The summed E-state index contributed by atoms with van der Waals surface area (Å²) in [5.74, 6) is 0. The van der Waals surface area contributed by atoms with Gasteiger partial charge in [-0.2, -0.15) is 0 Å². The van der Waals surface area contributed by atoms with Gasteiger partial charge in [0.05, 0.1) is 5.02 Å². The van der Waals surface area contributed by atoms with Crippen LogP contribution in [0, 0.1) is 0 Å². The minimum Gasteiger partial charge on any atom is -0.351 e. The zero-order valence-corrected chi connectivity index (χ0v) is 7.08. The third kappa shape index (κ3) is 1.01. The van der Waals surface area contributed by atoms with Crippen molar-refractivity contribution >= 4 is 34.0 Å². The number of hydrogen-bond acceptors (Lipinski definition) is 0. The Bertz CT molecular complexity index is 392. The van der Waals surface area contributed by atoms with Gasteiger partial charge in [-0.25, -0.2) is 0 Å². The first-order valence-electron chi connectivity index (χ1n) is 3.20. The van der Waals surface area contributed by atoms with Crippen LogP contribution in [0.4, 0.5) is 0 Å². The smallest absolute Gasteiger partial charge is 0.115 e. The number of hydrogen-bond donors (Lipinski definition) is 1. The first kappa shape index (κ1) is 7.01. The van der Waals surface area contributed by atoms with E-state index in [0.717, 1.165) is 10.8 Å². The minimum atomic E-state index is 0.602. The summed E-state index contributed by atoms with van der Waals surface area (Å²) in [6, 6.07) is 5.68. The lowest BCUT2D eigenvalue weighted by Crippen LogP contribution is -1.66. The van der Waals surface area contributed by atoms with E-state index in [4.69, 9.17) is 23.2 Å². The van der Waals surface area contributed by atoms with Crippen molar-refractivity contribution in [1.29, 1.82) is 0 Å². The van der Waals surface area contributed by atoms with Crippen molar-refractivity contribution in [3.63, 3.8) is 0 Å². The molecule has 0 aliphatic rings. The van der Waals surface area contributed by atoms with Crippen molar-refractivity contribution in [3.05, 3.63) is 34.6 Å². The molecule has 0 saturated carbocycles. The number of rotatable bonds is 0. The standard InChI is InChI=1S/C8H5Cl2N/c9-6-3-1-2-5-4-11-8(10)7(5)6/h1-4,11H. The van der Waals surface area contributed by atoms with Crippen LogP contribution in [0.5, 0.6) is 0 Å². The van der Waals surface area contributed by atoms with E-state index in [2.05, 4.69) is 4.98 Å². The molecule has 56 valence electrons. The summed E-state index contributed by atoms with van der Waals surface area (Å²) in [5.41, 5.74) is 0. The van der Waals surface area contributed by atoms with E-state index in [1.165, 1.54) is 0 Å². The Labute approximate surface area is 73.9 Å². The lowest BCUT2D eigenvalue weighted by atomic mass is 10.2. The van der Waals surface area contributed by atoms with E-state index >= 15 is 0 Å². The first-order chi connectivity index (χ1) is 5.29. The zero-order chi connectivity index (χ0) is 7.84. The SMILES string of the molecule is Clc1cccc2c[nH]c(Cl)c12. The van der Waals surface area contributed by atoms with Crippen molar-refractivity contribution in [3.8, 4) is 0 Å². The Balaban J connectivity index is 2.96. The largest absolute Gasteiger partial charge is 0.351 e. The van der Waals surface area contributed by atoms with Crippen LogP contribution in [0.25, 0.3) is 10.8 Å². The number of fused-ring (bicyclic) bond motifs is 1. The predicted molar refractivity (Wildman–Crippen MR) is 48.3 cm³/mol. The van der Waals surface area contributed by atoms with Crippen LogP contribution in [0.3, 0.4) is 0 Å². The minimum absolute atomic E-state index is 0.602. The molecule has 1 heterocycles. The van der Waals surface area contributed by atoms with E-state index < -0.39 is 0 Å². The Morgan fingerprint density at radius 1 is 1.18 bits per heavy atom. The number of aromatic amines is 1. The van der Waals surface area contributed by atoms with Crippen molar-refractivity contribution in [2.75, 3.05) is 0 Å². The predicted octanol–water partition coefficient (Wildman–Crippen LogP) is 3.47. The van der Waals surface area contributed by atoms with Crippen molar-refractivity contribution in [2.24, 2.45) is 0 Å². The van der Waals surface area contributed by atoms with Gasteiger partial charge in [0.1, 0.15) is 5.15 Å². The van der Waals surface area contributed by atoms with Gasteiger partial charge >= 0.3 is 0 Å². The monoisotopic (exact) mass is 185 g/mol. The van der Waals surface area contributed by atoms with Gasteiger partial charge in [-0.1, -0.05) is 35.3 Å². The summed E-state index contributed by atoms with van der Waals surface area (Å²) in [4.78, 5) is 2.90. The Hall–Kier alpha value is -0.660. The highest BCUT2D eigenvalue weighted by molar-refractivity contribution is 6.41. The maximum absolute atomic E-state index is 5.90. The number of halogens is 2. The van der Waals surface area contributed by atoms with Crippen molar-refractivity contribution in [1.82, 2.24) is 4.98 Å². The third-order valence-corrected chi connectivity index (χ3v) is 2.23. The molecule has 0 atom stereocenters. The number of nitrogens with one attached hydrogen (secondary N) is 1. The average Bonchev–Trinajstić information content (AvgIpc) is 2.34. The van der Waals surface area contributed by atoms with Crippen LogP contribution >= 0.6 is 23.2 Å². The normalized spacial score (nSPS) is 10.7. The van der Waals surface area contributed by atoms with Crippen LogP contribution in [-0.4, -0.2) is 4.98 Å². The summed E-state index contributed by atoms with van der Waals surface area (Å²) < 4.78 is 0. The highest BCUT2D eigenvalue weighted by Gasteiger charge is 2.03. The second kappa shape index (κ2) is 2.43. The average molecular weight is 186 g/mol. The Kier molecular flexibility index (Phi) is 1.55. The molecule has 0 fully saturated rings.